The summed E-state index contributed by atoms with van der Waals surface area (Å²) in [5.74, 6) is -0.152. The molecule has 0 heterocycles. The van der Waals surface area contributed by atoms with Crippen molar-refractivity contribution >= 4 is 22.8 Å². The molecule has 0 radical (unpaired) electrons. The average Bonchev–Trinajstić information content (AvgIpc) is 2.58. The lowest BCUT2D eigenvalue weighted by molar-refractivity contribution is -0.134. The summed E-state index contributed by atoms with van der Waals surface area (Å²) in [5, 5.41) is 3.07. The quantitative estimate of drug-likeness (QED) is 0.403. The fraction of sp³-hybridized carbons (Fsp3) is 0.529. The Morgan fingerprint density at radius 2 is 1.92 bits per heavy atom. The molecule has 0 saturated carbocycles. The number of Topliss-reactive ketones (excluding diaryl/α,β-unsaturated/α-hetero) is 1. The van der Waals surface area contributed by atoms with Crippen LogP contribution in [0.4, 0.5) is 0 Å². The molecule has 0 aliphatic carbocycles. The van der Waals surface area contributed by atoms with Gasteiger partial charge in [-0.1, -0.05) is 12.1 Å². The first-order valence-electron chi connectivity index (χ1n) is 8.30. The van der Waals surface area contributed by atoms with Crippen LogP contribution in [0.15, 0.2) is 29.2 Å². The van der Waals surface area contributed by atoms with E-state index < -0.39 is 11.1 Å². The second-order valence-electron chi connectivity index (χ2n) is 5.82. The highest BCUT2D eigenvalue weighted by atomic mass is 32.2. The number of amides is 1. The van der Waals surface area contributed by atoms with Gasteiger partial charge in [0.05, 0.1) is 13.1 Å². The van der Waals surface area contributed by atoms with Gasteiger partial charge >= 0.3 is 0 Å². The maximum atomic E-state index is 12.2. The van der Waals surface area contributed by atoms with E-state index in [1.54, 1.807) is 29.2 Å². The lowest BCUT2D eigenvalue weighted by Crippen LogP contribution is -2.41. The molecule has 140 valence electrons. The van der Waals surface area contributed by atoms with E-state index in [4.69, 9.17) is 5.73 Å². The summed E-state index contributed by atoms with van der Waals surface area (Å²) in [6, 6.07) is 6.61. The third-order valence-electron chi connectivity index (χ3n) is 3.63. The molecule has 0 spiro atoms. The van der Waals surface area contributed by atoms with Gasteiger partial charge in [0.25, 0.3) is 0 Å². The van der Waals surface area contributed by atoms with Gasteiger partial charge in [0.15, 0.2) is 0 Å². The van der Waals surface area contributed by atoms with Crippen molar-refractivity contribution in [3.8, 4) is 0 Å². The Kier molecular flexibility index (Phi) is 10.2. The van der Waals surface area contributed by atoms with Crippen molar-refractivity contribution in [1.29, 1.82) is 0 Å². The summed E-state index contributed by atoms with van der Waals surface area (Å²) >= 11 is -2.22. The number of nitrogens with two attached hydrogens (primary N) is 1. The number of ketones is 1. The van der Waals surface area contributed by atoms with Crippen molar-refractivity contribution in [1.82, 2.24) is 10.2 Å². The monoisotopic (exact) mass is 368 g/mol. The first-order valence-corrected chi connectivity index (χ1v) is 9.37. The van der Waals surface area contributed by atoms with Crippen LogP contribution in [0.5, 0.6) is 0 Å². The number of hydrogen-bond acceptors (Lipinski definition) is 6. The minimum atomic E-state index is -2.22. The van der Waals surface area contributed by atoms with E-state index >= 15 is 0 Å². The predicted molar refractivity (Wildman–Crippen MR) is 95.8 cm³/mol. The highest BCUT2D eigenvalue weighted by Gasteiger charge is 2.14. The Morgan fingerprint density at radius 3 is 2.48 bits per heavy atom. The number of carbonyl (C=O) groups excluding carboxylic acids is 2. The molecule has 3 N–H and O–H groups in total. The minimum Gasteiger partial charge on any atom is -0.768 e. The highest BCUT2D eigenvalue weighted by Crippen LogP contribution is 2.07. The molecule has 1 atom stereocenters. The van der Waals surface area contributed by atoms with E-state index in [0.717, 1.165) is 18.4 Å². The normalized spacial score (nSPS) is 12.0. The highest BCUT2D eigenvalue weighted by molar-refractivity contribution is 7.79. The number of carbonyl (C=O) groups is 2. The van der Waals surface area contributed by atoms with Gasteiger partial charge in [0.2, 0.25) is 5.91 Å². The molecule has 1 rings (SSSR count). The van der Waals surface area contributed by atoms with E-state index in [0.29, 0.717) is 26.1 Å². The first-order chi connectivity index (χ1) is 11.9. The van der Waals surface area contributed by atoms with Crippen molar-refractivity contribution in [3.05, 3.63) is 29.8 Å². The summed E-state index contributed by atoms with van der Waals surface area (Å²) in [4.78, 5) is 25.3. The van der Waals surface area contributed by atoms with Gasteiger partial charge in [0, 0.05) is 11.4 Å². The van der Waals surface area contributed by atoms with Crippen LogP contribution in [-0.4, -0.2) is 58.1 Å². The Morgan fingerprint density at radius 1 is 1.24 bits per heavy atom. The molecule has 7 nitrogen and oxygen atoms in total. The largest absolute Gasteiger partial charge is 0.768 e. The molecule has 0 fully saturated rings. The molecule has 0 saturated heterocycles. The molecule has 1 amide bonds. The molecule has 0 aromatic heterocycles. The van der Waals surface area contributed by atoms with E-state index in [9.17, 15) is 18.4 Å². The molecule has 0 aliphatic heterocycles. The van der Waals surface area contributed by atoms with Gasteiger partial charge in [-0.2, -0.15) is 0 Å². The summed E-state index contributed by atoms with van der Waals surface area (Å²) < 4.78 is 21.6. The fourth-order valence-electron chi connectivity index (χ4n) is 2.31. The van der Waals surface area contributed by atoms with Crippen molar-refractivity contribution < 1.29 is 18.4 Å². The van der Waals surface area contributed by atoms with Gasteiger partial charge in [-0.05, 0) is 68.1 Å². The van der Waals surface area contributed by atoms with Gasteiger partial charge in [-0.25, -0.2) is 0 Å². The molecule has 1 aromatic rings. The Hall–Kier alpha value is -1.61. The molecule has 1 unspecified atom stereocenters. The van der Waals surface area contributed by atoms with Crippen LogP contribution in [0, 0.1) is 0 Å². The van der Waals surface area contributed by atoms with E-state index in [1.807, 2.05) is 0 Å². The SMILES string of the molecule is CC(=O)CN(CCCCN)C(=O)CNCCc1ccc(S(=O)[O-])cc1. The van der Waals surface area contributed by atoms with Crippen LogP contribution in [0.25, 0.3) is 0 Å². The second kappa shape index (κ2) is 11.9. The predicted octanol–water partition coefficient (Wildman–Crippen LogP) is 0.213. The zero-order chi connectivity index (χ0) is 18.7. The maximum absolute atomic E-state index is 12.2. The number of hydrogen-bond donors (Lipinski definition) is 2. The maximum Gasteiger partial charge on any atom is 0.236 e. The third-order valence-corrected chi connectivity index (χ3v) is 4.29. The zero-order valence-electron chi connectivity index (χ0n) is 14.5. The molecule has 25 heavy (non-hydrogen) atoms. The Labute approximate surface area is 151 Å². The second-order valence-corrected chi connectivity index (χ2v) is 6.76. The van der Waals surface area contributed by atoms with Crippen molar-refractivity contribution in [2.45, 2.75) is 31.1 Å². The average molecular weight is 368 g/mol. The topological polar surface area (TPSA) is 116 Å². The van der Waals surface area contributed by atoms with Crippen LogP contribution in [0.2, 0.25) is 0 Å². The molecular weight excluding hydrogens is 342 g/mol. The van der Waals surface area contributed by atoms with Crippen LogP contribution in [0.3, 0.4) is 0 Å². The number of rotatable bonds is 12. The Balaban J connectivity index is 2.37. The van der Waals surface area contributed by atoms with E-state index in [-0.39, 0.29) is 29.7 Å². The number of nitrogens with zero attached hydrogens (tertiary/aromatic N) is 1. The minimum absolute atomic E-state index is 0.0445. The Bertz CT molecular complexity index is 578. The third kappa shape index (κ3) is 8.87. The number of nitrogens with one attached hydrogen (secondary N) is 1. The van der Waals surface area contributed by atoms with E-state index in [2.05, 4.69) is 5.32 Å². The molecule has 8 heteroatoms. The first kappa shape index (κ1) is 21.4. The fourth-order valence-corrected chi connectivity index (χ4v) is 2.67. The molecular formula is C17H26N3O4S-. The van der Waals surface area contributed by atoms with Crippen LogP contribution in [0.1, 0.15) is 25.3 Å². The summed E-state index contributed by atoms with van der Waals surface area (Å²) in [7, 11) is 0. The lowest BCUT2D eigenvalue weighted by Gasteiger charge is -2.21. The van der Waals surface area contributed by atoms with Gasteiger partial charge in [0.1, 0.15) is 5.78 Å². The smallest absolute Gasteiger partial charge is 0.236 e. The summed E-state index contributed by atoms with van der Waals surface area (Å²) in [6.45, 7) is 3.44. The number of benzene rings is 1. The molecule has 1 aromatic carbocycles. The van der Waals surface area contributed by atoms with Crippen LogP contribution < -0.4 is 11.1 Å². The molecule has 0 aliphatic rings. The van der Waals surface area contributed by atoms with Gasteiger partial charge in [-0.15, -0.1) is 0 Å². The number of unbranched alkanes of at least 4 members (excludes halogenated alkanes) is 1. The molecule has 0 bridgehead atoms. The standard InChI is InChI=1S/C17H27N3O4S/c1-14(21)13-20(11-3-2-9-18)17(22)12-19-10-8-15-4-6-16(7-5-15)25(23)24/h4-7,19H,2-3,8-13,18H2,1H3,(H,23,24)/p-1. The summed E-state index contributed by atoms with van der Waals surface area (Å²) in [6.07, 6.45) is 2.28. The van der Waals surface area contributed by atoms with Crippen molar-refractivity contribution in [2.75, 3.05) is 32.7 Å². The van der Waals surface area contributed by atoms with Crippen LogP contribution >= 0.6 is 0 Å². The van der Waals surface area contributed by atoms with Gasteiger partial charge in [-0.3, -0.25) is 13.8 Å². The van der Waals surface area contributed by atoms with Crippen molar-refractivity contribution in [2.24, 2.45) is 5.73 Å². The van der Waals surface area contributed by atoms with Crippen molar-refractivity contribution in [3.63, 3.8) is 0 Å². The zero-order valence-corrected chi connectivity index (χ0v) is 15.3. The summed E-state index contributed by atoms with van der Waals surface area (Å²) in [5.41, 5.74) is 6.44. The lowest BCUT2D eigenvalue weighted by atomic mass is 10.1. The van der Waals surface area contributed by atoms with Gasteiger partial charge < -0.3 is 20.5 Å². The van der Waals surface area contributed by atoms with E-state index in [1.165, 1.54) is 6.92 Å². The van der Waals surface area contributed by atoms with Crippen LogP contribution in [-0.2, 0) is 27.1 Å².